The lowest BCUT2D eigenvalue weighted by Gasteiger charge is -2.14. The summed E-state index contributed by atoms with van der Waals surface area (Å²) in [5.74, 6) is 1.33. The van der Waals surface area contributed by atoms with E-state index in [1.54, 1.807) is 11.9 Å². The maximum Gasteiger partial charge on any atom is 0.222 e. The number of aliphatic hydroxyl groups is 1. The van der Waals surface area contributed by atoms with Crippen molar-refractivity contribution >= 4 is 5.91 Å². The van der Waals surface area contributed by atoms with E-state index in [0.717, 1.165) is 5.82 Å². The van der Waals surface area contributed by atoms with E-state index in [4.69, 9.17) is 5.11 Å². The minimum absolute atomic E-state index is 0.00787. The average molecular weight is 212 g/mol. The summed E-state index contributed by atoms with van der Waals surface area (Å²) in [5, 5.41) is 15.2. The molecular weight excluding hydrogens is 196 g/mol. The van der Waals surface area contributed by atoms with E-state index in [1.165, 1.54) is 0 Å². The molecule has 0 aliphatic heterocycles. The quantitative estimate of drug-likeness (QED) is 0.710. The van der Waals surface area contributed by atoms with E-state index in [2.05, 4.69) is 15.2 Å². The first-order valence-corrected chi connectivity index (χ1v) is 4.86. The zero-order valence-electron chi connectivity index (χ0n) is 9.03. The predicted molar refractivity (Wildman–Crippen MR) is 53.9 cm³/mol. The van der Waals surface area contributed by atoms with Crippen LogP contribution in [0.5, 0.6) is 0 Å². The van der Waals surface area contributed by atoms with Gasteiger partial charge in [0.2, 0.25) is 5.91 Å². The molecule has 2 N–H and O–H groups in total. The Balaban J connectivity index is 2.41. The number of aromatic nitrogens is 3. The summed E-state index contributed by atoms with van der Waals surface area (Å²) in [6.45, 7) is 2.25. The molecule has 0 fully saturated rings. The molecule has 0 aromatic carbocycles. The van der Waals surface area contributed by atoms with Crippen LogP contribution in [0.15, 0.2) is 0 Å². The smallest absolute Gasteiger partial charge is 0.222 e. The molecule has 15 heavy (non-hydrogen) atoms. The number of amides is 1. The van der Waals surface area contributed by atoms with Gasteiger partial charge < -0.3 is 10.0 Å². The molecular formula is C9H16N4O2. The zero-order valence-corrected chi connectivity index (χ0v) is 9.03. The Hall–Kier alpha value is -1.43. The number of aryl methyl sites for hydroxylation is 1. The van der Waals surface area contributed by atoms with Crippen LogP contribution < -0.4 is 0 Å². The van der Waals surface area contributed by atoms with Crippen LogP contribution in [-0.2, 0) is 11.3 Å². The standard InChI is InChI=1S/C9H16N4O2/c1-7-10-8(12-11-7)6-13(2)9(15)4-3-5-14/h14H,3-6H2,1-2H3,(H,10,11,12). The molecule has 1 amide bonds. The SMILES string of the molecule is Cc1nc(CN(C)C(=O)CCCO)n[nH]1. The molecule has 0 aliphatic carbocycles. The Morgan fingerprint density at radius 1 is 1.60 bits per heavy atom. The van der Waals surface area contributed by atoms with Crippen molar-refractivity contribution in [1.82, 2.24) is 20.1 Å². The summed E-state index contributed by atoms with van der Waals surface area (Å²) in [6, 6.07) is 0. The lowest BCUT2D eigenvalue weighted by atomic mass is 10.3. The van der Waals surface area contributed by atoms with Gasteiger partial charge >= 0.3 is 0 Å². The molecule has 0 saturated carbocycles. The molecule has 1 heterocycles. The van der Waals surface area contributed by atoms with Crippen molar-refractivity contribution in [2.75, 3.05) is 13.7 Å². The lowest BCUT2D eigenvalue weighted by molar-refractivity contribution is -0.130. The maximum absolute atomic E-state index is 11.5. The van der Waals surface area contributed by atoms with E-state index in [9.17, 15) is 4.79 Å². The summed E-state index contributed by atoms with van der Waals surface area (Å²) in [4.78, 5) is 17.1. The summed E-state index contributed by atoms with van der Waals surface area (Å²) in [7, 11) is 1.70. The van der Waals surface area contributed by atoms with Crippen LogP contribution in [0.25, 0.3) is 0 Å². The normalized spacial score (nSPS) is 10.3. The molecule has 6 heteroatoms. The second-order valence-electron chi connectivity index (χ2n) is 3.41. The van der Waals surface area contributed by atoms with Crippen LogP contribution in [0, 0.1) is 6.92 Å². The van der Waals surface area contributed by atoms with Gasteiger partial charge in [0.05, 0.1) is 6.54 Å². The molecule has 84 valence electrons. The topological polar surface area (TPSA) is 82.1 Å². The molecule has 0 unspecified atom stereocenters. The van der Waals surface area contributed by atoms with Crippen LogP contribution in [-0.4, -0.2) is 44.7 Å². The fraction of sp³-hybridized carbons (Fsp3) is 0.667. The van der Waals surface area contributed by atoms with Gasteiger partial charge in [-0.1, -0.05) is 0 Å². The number of hydrogen-bond acceptors (Lipinski definition) is 4. The monoisotopic (exact) mass is 212 g/mol. The average Bonchev–Trinajstić information content (AvgIpc) is 2.60. The highest BCUT2D eigenvalue weighted by Crippen LogP contribution is 2.00. The third-order valence-corrected chi connectivity index (χ3v) is 2.00. The van der Waals surface area contributed by atoms with E-state index < -0.39 is 0 Å². The molecule has 1 rings (SSSR count). The van der Waals surface area contributed by atoms with Crippen molar-refractivity contribution in [3.05, 3.63) is 11.6 Å². The first-order valence-electron chi connectivity index (χ1n) is 4.86. The Bertz CT molecular complexity index is 324. The van der Waals surface area contributed by atoms with Gasteiger partial charge in [-0.2, -0.15) is 5.10 Å². The van der Waals surface area contributed by atoms with E-state index >= 15 is 0 Å². The van der Waals surface area contributed by atoms with Gasteiger partial charge in [0.15, 0.2) is 5.82 Å². The first kappa shape index (κ1) is 11.6. The number of aromatic amines is 1. The maximum atomic E-state index is 11.5. The molecule has 0 aliphatic rings. The van der Waals surface area contributed by atoms with Crippen molar-refractivity contribution in [2.45, 2.75) is 26.3 Å². The van der Waals surface area contributed by atoms with Crippen molar-refractivity contribution < 1.29 is 9.90 Å². The van der Waals surface area contributed by atoms with Crippen LogP contribution in [0.4, 0.5) is 0 Å². The first-order chi connectivity index (χ1) is 7.13. The van der Waals surface area contributed by atoms with E-state index in [0.29, 0.717) is 25.2 Å². The van der Waals surface area contributed by atoms with Crippen LogP contribution in [0.2, 0.25) is 0 Å². The van der Waals surface area contributed by atoms with Crippen LogP contribution in [0.3, 0.4) is 0 Å². The van der Waals surface area contributed by atoms with Gasteiger partial charge in [0, 0.05) is 20.1 Å². The van der Waals surface area contributed by atoms with Gasteiger partial charge in [-0.3, -0.25) is 9.89 Å². The predicted octanol–water partition coefficient (Wildman–Crippen LogP) is -0.156. The number of hydrogen-bond donors (Lipinski definition) is 2. The Kier molecular flexibility index (Phi) is 4.23. The third kappa shape index (κ3) is 3.67. The molecule has 0 spiro atoms. The number of carbonyl (C=O) groups excluding carboxylic acids is 1. The van der Waals surface area contributed by atoms with Crippen LogP contribution in [0.1, 0.15) is 24.5 Å². The fourth-order valence-corrected chi connectivity index (χ4v) is 1.18. The van der Waals surface area contributed by atoms with Gasteiger partial charge in [-0.05, 0) is 13.3 Å². The highest BCUT2D eigenvalue weighted by molar-refractivity contribution is 5.75. The third-order valence-electron chi connectivity index (χ3n) is 2.00. The largest absolute Gasteiger partial charge is 0.396 e. The van der Waals surface area contributed by atoms with Gasteiger partial charge in [0.1, 0.15) is 5.82 Å². The number of carbonyl (C=O) groups is 1. The highest BCUT2D eigenvalue weighted by atomic mass is 16.3. The summed E-state index contributed by atoms with van der Waals surface area (Å²) in [6.07, 6.45) is 0.854. The molecule has 1 aromatic rings. The van der Waals surface area contributed by atoms with Gasteiger partial charge in [0.25, 0.3) is 0 Å². The molecule has 1 aromatic heterocycles. The Morgan fingerprint density at radius 3 is 2.87 bits per heavy atom. The molecule has 6 nitrogen and oxygen atoms in total. The Labute approximate surface area is 88.3 Å². The van der Waals surface area contributed by atoms with Crippen molar-refractivity contribution in [3.63, 3.8) is 0 Å². The van der Waals surface area contributed by atoms with Crippen LogP contribution >= 0.6 is 0 Å². The van der Waals surface area contributed by atoms with Crippen molar-refractivity contribution in [3.8, 4) is 0 Å². The minimum atomic E-state index is -0.00787. The van der Waals surface area contributed by atoms with Gasteiger partial charge in [-0.25, -0.2) is 4.98 Å². The number of nitrogens with one attached hydrogen (secondary N) is 1. The van der Waals surface area contributed by atoms with E-state index in [-0.39, 0.29) is 12.5 Å². The van der Waals surface area contributed by atoms with Gasteiger partial charge in [-0.15, -0.1) is 0 Å². The highest BCUT2D eigenvalue weighted by Gasteiger charge is 2.10. The molecule has 0 atom stereocenters. The molecule has 0 saturated heterocycles. The number of rotatable bonds is 5. The second-order valence-corrected chi connectivity index (χ2v) is 3.41. The van der Waals surface area contributed by atoms with Crippen molar-refractivity contribution in [2.24, 2.45) is 0 Å². The number of aliphatic hydroxyl groups excluding tert-OH is 1. The summed E-state index contributed by atoms with van der Waals surface area (Å²) in [5.41, 5.74) is 0. The molecule has 0 bridgehead atoms. The van der Waals surface area contributed by atoms with Crippen molar-refractivity contribution in [1.29, 1.82) is 0 Å². The summed E-state index contributed by atoms with van der Waals surface area (Å²) < 4.78 is 0. The zero-order chi connectivity index (χ0) is 11.3. The number of nitrogens with zero attached hydrogens (tertiary/aromatic N) is 3. The summed E-state index contributed by atoms with van der Waals surface area (Å²) >= 11 is 0. The molecule has 0 radical (unpaired) electrons. The lowest BCUT2D eigenvalue weighted by Crippen LogP contribution is -2.26. The Morgan fingerprint density at radius 2 is 2.33 bits per heavy atom. The second kappa shape index (κ2) is 5.45. The van der Waals surface area contributed by atoms with E-state index in [1.807, 2.05) is 6.92 Å². The minimum Gasteiger partial charge on any atom is -0.396 e. The number of H-pyrrole nitrogens is 1. The fourth-order valence-electron chi connectivity index (χ4n) is 1.18.